The number of hydrogen-bond acceptors (Lipinski definition) is 3. The van der Waals surface area contributed by atoms with E-state index in [0.29, 0.717) is 17.5 Å². The van der Waals surface area contributed by atoms with Crippen molar-refractivity contribution in [3.63, 3.8) is 0 Å². The molecule has 0 aliphatic rings. The predicted molar refractivity (Wildman–Crippen MR) is 216 cm³/mol. The third-order valence-corrected chi connectivity index (χ3v) is 10.00. The maximum absolute atomic E-state index is 14.2. The summed E-state index contributed by atoms with van der Waals surface area (Å²) in [5.74, 6) is 1.40. The van der Waals surface area contributed by atoms with Crippen LogP contribution in [0.4, 0.5) is 4.39 Å². The fourth-order valence-corrected chi connectivity index (χ4v) is 7.71. The summed E-state index contributed by atoms with van der Waals surface area (Å²) in [6.07, 6.45) is 0. The second-order valence-corrected chi connectivity index (χ2v) is 13.6. The molecule has 0 aliphatic carbocycles. The van der Waals surface area contributed by atoms with Gasteiger partial charge in [-0.2, -0.15) is 0 Å². The van der Waals surface area contributed by atoms with Gasteiger partial charge in [0, 0.05) is 33.2 Å². The predicted octanol–water partition coefficient (Wildman–Crippen LogP) is 12.4. The van der Waals surface area contributed by atoms with Crippen molar-refractivity contribution in [2.24, 2.45) is 0 Å². The molecule has 9 aromatic rings. The Hall–Kier alpha value is -6.72. The van der Waals surface area contributed by atoms with Gasteiger partial charge in [0.25, 0.3) is 0 Å². The summed E-state index contributed by atoms with van der Waals surface area (Å²) in [6, 6.07) is 52.9. The lowest BCUT2D eigenvalue weighted by atomic mass is 9.93. The Morgan fingerprint density at radius 2 is 1.00 bits per heavy atom. The molecule has 0 N–H and O–H groups in total. The van der Waals surface area contributed by atoms with Gasteiger partial charge in [0.1, 0.15) is 5.82 Å². The van der Waals surface area contributed by atoms with Gasteiger partial charge in [-0.3, -0.25) is 0 Å². The highest BCUT2D eigenvalue weighted by Gasteiger charge is 2.20. The minimum absolute atomic E-state index is 0.287. The molecular formula is C48H35FN4. The van der Waals surface area contributed by atoms with E-state index in [4.69, 9.17) is 15.0 Å². The first-order chi connectivity index (χ1) is 25.9. The fraction of sp³-hybridized carbons (Fsp3) is 0.0625. The van der Waals surface area contributed by atoms with E-state index in [-0.39, 0.29) is 5.82 Å². The number of benzene rings is 7. The first-order valence-electron chi connectivity index (χ1n) is 17.8. The molecule has 0 unspecified atom stereocenters. The highest BCUT2D eigenvalue weighted by atomic mass is 19.1. The Morgan fingerprint density at radius 1 is 0.434 bits per heavy atom. The normalized spacial score (nSPS) is 11.4. The molecule has 0 amide bonds. The molecule has 53 heavy (non-hydrogen) atoms. The van der Waals surface area contributed by atoms with Crippen LogP contribution in [0.5, 0.6) is 0 Å². The Labute approximate surface area is 307 Å². The van der Waals surface area contributed by atoms with Gasteiger partial charge < -0.3 is 4.57 Å². The van der Waals surface area contributed by atoms with E-state index in [1.807, 2.05) is 72.8 Å². The lowest BCUT2D eigenvalue weighted by molar-refractivity contribution is 0.628. The van der Waals surface area contributed by atoms with Gasteiger partial charge in [0.15, 0.2) is 17.5 Å². The molecule has 5 heteroatoms. The second-order valence-electron chi connectivity index (χ2n) is 13.6. The Kier molecular flexibility index (Phi) is 7.97. The van der Waals surface area contributed by atoms with E-state index in [2.05, 4.69) is 98.1 Å². The minimum atomic E-state index is -0.287. The molecule has 0 atom stereocenters. The van der Waals surface area contributed by atoms with Gasteiger partial charge in [0.2, 0.25) is 0 Å². The average molecular weight is 687 g/mol. The molecule has 4 nitrogen and oxygen atoms in total. The quantitative estimate of drug-likeness (QED) is 0.175. The Morgan fingerprint density at radius 3 is 1.66 bits per heavy atom. The van der Waals surface area contributed by atoms with Crippen LogP contribution in [-0.2, 0) is 0 Å². The second kappa shape index (κ2) is 13.1. The molecular weight excluding hydrogens is 652 g/mol. The van der Waals surface area contributed by atoms with E-state index in [9.17, 15) is 4.39 Å². The molecule has 0 saturated heterocycles. The summed E-state index contributed by atoms with van der Waals surface area (Å²) < 4.78 is 16.6. The Bertz CT molecular complexity index is 2720. The van der Waals surface area contributed by atoms with Crippen molar-refractivity contribution in [1.82, 2.24) is 19.5 Å². The molecule has 2 heterocycles. The van der Waals surface area contributed by atoms with Gasteiger partial charge in [-0.15, -0.1) is 0 Å². The van der Waals surface area contributed by atoms with E-state index >= 15 is 0 Å². The highest BCUT2D eigenvalue weighted by molar-refractivity contribution is 6.10. The first kappa shape index (κ1) is 32.2. The van der Waals surface area contributed by atoms with Gasteiger partial charge in [-0.05, 0) is 90.6 Å². The van der Waals surface area contributed by atoms with Gasteiger partial charge in [-0.1, -0.05) is 127 Å². The molecule has 0 bridgehead atoms. The van der Waals surface area contributed by atoms with Crippen LogP contribution >= 0.6 is 0 Å². The molecule has 7 aromatic carbocycles. The van der Waals surface area contributed by atoms with Crippen molar-refractivity contribution >= 4 is 21.8 Å². The van der Waals surface area contributed by atoms with Crippen LogP contribution in [0.1, 0.15) is 16.7 Å². The third-order valence-electron chi connectivity index (χ3n) is 10.00. The number of aryl methyl sites for hydroxylation is 3. The maximum atomic E-state index is 14.2. The summed E-state index contributed by atoms with van der Waals surface area (Å²) in [5.41, 5.74) is 13.8. The van der Waals surface area contributed by atoms with Crippen LogP contribution in [0, 0.1) is 26.6 Å². The largest absolute Gasteiger partial charge is 0.309 e. The van der Waals surface area contributed by atoms with Crippen LogP contribution in [0.25, 0.3) is 83.9 Å². The third kappa shape index (κ3) is 5.86. The van der Waals surface area contributed by atoms with Crippen molar-refractivity contribution in [1.29, 1.82) is 0 Å². The SMILES string of the molecule is Cc1cc(C)c(-c2ccc3c4ccccc4n(-c4ccc(-c5ccc(F)cc5)c(-c5nc(-c6ccccc6)nc(-c6ccccc6)n5)c4)c3c2)c(C)c1. The van der Waals surface area contributed by atoms with Gasteiger partial charge in [-0.25, -0.2) is 19.3 Å². The van der Waals surface area contributed by atoms with Gasteiger partial charge in [0.05, 0.1) is 11.0 Å². The van der Waals surface area contributed by atoms with E-state index in [1.54, 1.807) is 0 Å². The van der Waals surface area contributed by atoms with E-state index in [1.165, 1.54) is 50.7 Å². The Balaban J connectivity index is 1.32. The number of fused-ring (bicyclic) bond motifs is 3. The number of aromatic nitrogens is 4. The molecule has 0 saturated carbocycles. The summed E-state index contributed by atoms with van der Waals surface area (Å²) in [7, 11) is 0. The van der Waals surface area contributed by atoms with Crippen molar-refractivity contribution < 1.29 is 4.39 Å². The molecule has 0 spiro atoms. The number of hydrogen-bond donors (Lipinski definition) is 0. The van der Waals surface area contributed by atoms with Crippen LogP contribution in [0.2, 0.25) is 0 Å². The monoisotopic (exact) mass is 686 g/mol. The van der Waals surface area contributed by atoms with E-state index < -0.39 is 0 Å². The molecule has 9 rings (SSSR count). The fourth-order valence-electron chi connectivity index (χ4n) is 7.71. The van der Waals surface area contributed by atoms with Crippen LogP contribution in [-0.4, -0.2) is 19.5 Å². The minimum Gasteiger partial charge on any atom is -0.309 e. The zero-order chi connectivity index (χ0) is 36.1. The average Bonchev–Trinajstić information content (AvgIpc) is 3.52. The van der Waals surface area contributed by atoms with Crippen LogP contribution in [0.15, 0.2) is 158 Å². The highest BCUT2D eigenvalue weighted by Crippen LogP contribution is 2.40. The van der Waals surface area contributed by atoms with Crippen LogP contribution < -0.4 is 0 Å². The summed E-state index contributed by atoms with van der Waals surface area (Å²) in [5, 5.41) is 2.35. The molecule has 2 aromatic heterocycles. The lowest BCUT2D eigenvalue weighted by Crippen LogP contribution is -2.02. The summed E-state index contributed by atoms with van der Waals surface area (Å²) in [6.45, 7) is 6.53. The lowest BCUT2D eigenvalue weighted by Gasteiger charge is -2.16. The zero-order valence-electron chi connectivity index (χ0n) is 29.7. The number of nitrogens with zero attached hydrogens (tertiary/aromatic N) is 4. The molecule has 0 radical (unpaired) electrons. The number of halogens is 1. The summed E-state index contributed by atoms with van der Waals surface area (Å²) >= 11 is 0. The standard InChI is InChI=1S/C48H35FN4/c1-30-26-31(2)45(32(3)27-30)36-20-24-41-40-16-10-11-17-43(40)53(44(41)28-36)38-23-25-39(33-18-21-37(49)22-19-33)42(29-38)48-51-46(34-12-6-4-7-13-34)50-47(52-48)35-14-8-5-9-15-35/h4-29H,1-3H3. The van der Waals surface area contributed by atoms with Gasteiger partial charge >= 0.3 is 0 Å². The summed E-state index contributed by atoms with van der Waals surface area (Å²) in [4.78, 5) is 15.2. The zero-order valence-corrected chi connectivity index (χ0v) is 29.7. The maximum Gasteiger partial charge on any atom is 0.164 e. The molecule has 0 fully saturated rings. The first-order valence-corrected chi connectivity index (χ1v) is 17.8. The topological polar surface area (TPSA) is 43.6 Å². The van der Waals surface area contributed by atoms with Crippen molar-refractivity contribution in [3.8, 4) is 62.1 Å². The molecule has 254 valence electrons. The van der Waals surface area contributed by atoms with Crippen LogP contribution in [0.3, 0.4) is 0 Å². The number of para-hydroxylation sites is 1. The van der Waals surface area contributed by atoms with Crippen molar-refractivity contribution in [3.05, 3.63) is 180 Å². The smallest absolute Gasteiger partial charge is 0.164 e. The number of rotatable bonds is 6. The van der Waals surface area contributed by atoms with Crippen molar-refractivity contribution in [2.45, 2.75) is 20.8 Å². The molecule has 0 aliphatic heterocycles. The van der Waals surface area contributed by atoms with E-state index in [0.717, 1.165) is 44.5 Å². The van der Waals surface area contributed by atoms with Crippen molar-refractivity contribution in [2.75, 3.05) is 0 Å².